The van der Waals surface area contributed by atoms with E-state index in [9.17, 15) is 19.3 Å². The number of para-hydroxylation sites is 1. The molecule has 3 aromatic carbocycles. The first kappa shape index (κ1) is 45.2. The van der Waals surface area contributed by atoms with Gasteiger partial charge in [0.2, 0.25) is 23.7 Å². The Morgan fingerprint density at radius 3 is 2.32 bits per heavy atom. The number of carbonyl (C=O) groups is 3. The van der Waals surface area contributed by atoms with E-state index >= 15 is 8.78 Å². The molecule has 1 aromatic heterocycles. The van der Waals surface area contributed by atoms with E-state index in [0.29, 0.717) is 59.9 Å². The van der Waals surface area contributed by atoms with Gasteiger partial charge >= 0.3 is 0 Å². The zero-order valence-electron chi connectivity index (χ0n) is 36.8. The molecule has 0 radical (unpaired) electrons. The van der Waals surface area contributed by atoms with Gasteiger partial charge in [0, 0.05) is 94.0 Å². The minimum atomic E-state index is -2.20. The van der Waals surface area contributed by atoms with Gasteiger partial charge in [0.05, 0.1) is 47.1 Å². The number of methoxy groups -OCH3 is 1. The number of rotatable bonds is 12. The Morgan fingerprint density at radius 2 is 1.65 bits per heavy atom. The quantitative estimate of drug-likeness (QED) is 0.0884. The van der Waals surface area contributed by atoms with Crippen LogP contribution in [0.25, 0.3) is 0 Å². The smallest absolute Gasteiger partial charge is 0.234 e. The minimum Gasteiger partial charge on any atom is -0.494 e. The second-order valence-electron chi connectivity index (χ2n) is 17.8. The zero-order chi connectivity index (χ0) is 45.4. The molecule has 5 aliphatic heterocycles. The highest BCUT2D eigenvalue weighted by molar-refractivity contribution is 9.10. The Hall–Kier alpha value is -4.96. The Morgan fingerprint density at radius 1 is 0.938 bits per heavy atom. The van der Waals surface area contributed by atoms with E-state index in [2.05, 4.69) is 65.7 Å². The monoisotopic (exact) mass is 974 g/mol. The molecule has 1 unspecified atom stereocenters. The van der Waals surface area contributed by atoms with Crippen molar-refractivity contribution in [3.8, 4) is 5.75 Å². The first-order valence-electron chi connectivity index (χ1n) is 22.7. The molecular weight excluding hydrogens is 919 g/mol. The van der Waals surface area contributed by atoms with Gasteiger partial charge in [0.1, 0.15) is 22.7 Å². The molecule has 5 saturated heterocycles. The fourth-order valence-corrected chi connectivity index (χ4v) is 13.6. The highest BCUT2D eigenvalue weighted by Gasteiger charge is 2.44. The SMILES string of the molecule is CCc1cc(Nc2ncc(Br)c(Nc3ccccc3[P+]3(O)CCCC3)n2)c(OC)cc1N1CCC(N2CCN(C(=O)C3CN(c4cc(F)c(C5CCC(=O)NC5=O)c(F)c4)C3)CC2)CC1. The number of aryl methyl sites for hydroxylation is 1. The molecule has 344 valence electrons. The summed E-state index contributed by atoms with van der Waals surface area (Å²) in [7, 11) is -0.531. The lowest BCUT2D eigenvalue weighted by Gasteiger charge is -2.46. The fraction of sp³-hybridized carbons (Fsp3) is 0.468. The molecule has 1 atom stereocenters. The van der Waals surface area contributed by atoms with Crippen molar-refractivity contribution in [2.24, 2.45) is 5.92 Å². The number of halogens is 3. The van der Waals surface area contributed by atoms with Gasteiger partial charge in [-0.15, -0.1) is 0 Å². The number of piperazine rings is 1. The summed E-state index contributed by atoms with van der Waals surface area (Å²) in [5.41, 5.74) is 3.99. The first-order chi connectivity index (χ1) is 31.4. The minimum absolute atomic E-state index is 0.0303. The second kappa shape index (κ2) is 19.1. The third kappa shape index (κ3) is 9.39. The number of benzene rings is 3. The Bertz CT molecular complexity index is 2430. The molecule has 0 bridgehead atoms. The summed E-state index contributed by atoms with van der Waals surface area (Å²) in [4.78, 5) is 66.9. The number of carbonyl (C=O) groups excluding carboxylic acids is 3. The molecular formula is C47H56BrF2N9O5P+. The molecule has 0 spiro atoms. The van der Waals surface area contributed by atoms with Crippen LogP contribution in [0.4, 0.5) is 43.3 Å². The van der Waals surface area contributed by atoms with Crippen LogP contribution in [-0.2, 0) is 20.8 Å². The van der Waals surface area contributed by atoms with Crippen LogP contribution >= 0.6 is 23.4 Å². The van der Waals surface area contributed by atoms with Crippen molar-refractivity contribution >= 4 is 81.0 Å². The highest BCUT2D eigenvalue weighted by atomic mass is 79.9. The third-order valence-corrected chi connectivity index (χ3v) is 17.9. The van der Waals surface area contributed by atoms with Gasteiger partial charge in [-0.05, 0) is 90.4 Å². The number of aromatic nitrogens is 2. The Labute approximate surface area is 387 Å². The van der Waals surface area contributed by atoms with Crippen LogP contribution in [0.2, 0.25) is 0 Å². The summed E-state index contributed by atoms with van der Waals surface area (Å²) >= 11 is 3.62. The maximum atomic E-state index is 15.2. The number of hydrogen-bond donors (Lipinski definition) is 4. The summed E-state index contributed by atoms with van der Waals surface area (Å²) in [6.45, 7) is 7.56. The molecule has 4 aromatic rings. The molecule has 65 heavy (non-hydrogen) atoms. The summed E-state index contributed by atoms with van der Waals surface area (Å²) in [5.74, 6) is -2.30. The van der Waals surface area contributed by atoms with E-state index in [1.807, 2.05) is 29.2 Å². The summed E-state index contributed by atoms with van der Waals surface area (Å²) in [6, 6.07) is 15.1. The van der Waals surface area contributed by atoms with E-state index in [1.54, 1.807) is 18.2 Å². The van der Waals surface area contributed by atoms with Crippen LogP contribution in [0.15, 0.2) is 59.2 Å². The standard InChI is InChI=1S/C47H55BrF2N9O5P/c1-3-29-22-38(53-47-51-26-34(48)44(55-47)52-37-8-4-5-9-41(37)65(63)20-6-7-21-65)40(64-2)25-39(29)57-14-12-31(13-15-57)56-16-18-58(19-17-56)46(62)30-27-59(28-30)32-23-35(49)43(36(50)24-32)33-10-11-42(60)54-45(33)61/h4-5,8-9,22-26,30-31,33,63H,3,6-7,10-21,27-28H2,1-2H3,(H2-,51,52,53,54,55,60,61)/p+1. The number of nitrogens with zero attached hydrogens (tertiary/aromatic N) is 6. The first-order valence-corrected chi connectivity index (χ1v) is 25.6. The van der Waals surface area contributed by atoms with Gasteiger partial charge in [-0.25, -0.2) is 18.7 Å². The fourth-order valence-electron chi connectivity index (χ4n) is 10.2. The molecule has 5 fully saturated rings. The van der Waals surface area contributed by atoms with Gasteiger partial charge in [0.25, 0.3) is 0 Å². The summed E-state index contributed by atoms with van der Waals surface area (Å²) in [6.07, 6.45) is 8.41. The predicted octanol–water partition coefficient (Wildman–Crippen LogP) is 6.69. The average molecular weight is 976 g/mol. The van der Waals surface area contributed by atoms with Crippen molar-refractivity contribution in [3.05, 3.63) is 82.0 Å². The predicted molar refractivity (Wildman–Crippen MR) is 253 cm³/mol. The van der Waals surface area contributed by atoms with E-state index in [4.69, 9.17) is 9.72 Å². The van der Waals surface area contributed by atoms with Crippen molar-refractivity contribution in [1.29, 1.82) is 0 Å². The van der Waals surface area contributed by atoms with Gasteiger partial charge in [-0.3, -0.25) is 24.6 Å². The van der Waals surface area contributed by atoms with Crippen molar-refractivity contribution < 1.29 is 32.8 Å². The lowest BCUT2D eigenvalue weighted by Crippen LogP contribution is -2.59. The van der Waals surface area contributed by atoms with Gasteiger partial charge in [0.15, 0.2) is 13.3 Å². The largest absolute Gasteiger partial charge is 0.494 e. The maximum Gasteiger partial charge on any atom is 0.234 e. The van der Waals surface area contributed by atoms with E-state index in [-0.39, 0.29) is 30.2 Å². The molecule has 0 saturated carbocycles. The number of imide groups is 1. The van der Waals surface area contributed by atoms with E-state index in [1.165, 1.54) is 17.7 Å². The molecule has 14 nitrogen and oxygen atoms in total. The highest BCUT2D eigenvalue weighted by Crippen LogP contribution is 2.60. The van der Waals surface area contributed by atoms with E-state index < -0.39 is 36.9 Å². The van der Waals surface area contributed by atoms with Crippen LogP contribution in [0.3, 0.4) is 0 Å². The van der Waals surface area contributed by atoms with Crippen LogP contribution < -0.4 is 35.8 Å². The van der Waals surface area contributed by atoms with Crippen molar-refractivity contribution in [2.45, 2.75) is 63.8 Å². The van der Waals surface area contributed by atoms with Crippen molar-refractivity contribution in [3.63, 3.8) is 0 Å². The topological polar surface area (TPSA) is 156 Å². The van der Waals surface area contributed by atoms with Gasteiger partial charge < -0.3 is 30.1 Å². The second-order valence-corrected chi connectivity index (χ2v) is 21.9. The molecule has 9 rings (SSSR count). The normalized spacial score (nSPS) is 20.7. The van der Waals surface area contributed by atoms with Crippen LogP contribution in [0, 0.1) is 17.6 Å². The number of ether oxygens (including phenoxy) is 1. The van der Waals surface area contributed by atoms with Crippen molar-refractivity contribution in [2.75, 3.05) is 92.2 Å². The number of piperidine rings is 2. The Kier molecular flexibility index (Phi) is 13.3. The molecule has 5 aliphatic rings. The summed E-state index contributed by atoms with van der Waals surface area (Å²) in [5, 5.41) is 10.0. The lowest BCUT2D eigenvalue weighted by molar-refractivity contribution is -0.138. The summed E-state index contributed by atoms with van der Waals surface area (Å²) < 4.78 is 37.0. The van der Waals surface area contributed by atoms with Crippen LogP contribution in [0.5, 0.6) is 5.75 Å². The van der Waals surface area contributed by atoms with Crippen molar-refractivity contribution in [1.82, 2.24) is 25.1 Å². The maximum absolute atomic E-state index is 15.2. The number of nitrogens with one attached hydrogen (secondary N) is 3. The van der Waals surface area contributed by atoms with Crippen LogP contribution in [-0.4, -0.2) is 120 Å². The Balaban J connectivity index is 0.772. The zero-order valence-corrected chi connectivity index (χ0v) is 39.3. The van der Waals surface area contributed by atoms with Gasteiger partial charge in [-0.1, -0.05) is 19.1 Å². The number of hydrogen-bond acceptors (Lipinski definition) is 12. The molecule has 0 aliphatic carbocycles. The number of amides is 3. The van der Waals surface area contributed by atoms with E-state index in [0.717, 1.165) is 93.0 Å². The lowest BCUT2D eigenvalue weighted by atomic mass is 9.89. The molecule has 18 heteroatoms. The average Bonchev–Trinajstić information content (AvgIpc) is 3.74. The van der Waals surface area contributed by atoms with Gasteiger partial charge in [-0.2, -0.15) is 4.98 Å². The molecule has 4 N–H and O–H groups in total. The molecule has 6 heterocycles. The third-order valence-electron chi connectivity index (χ3n) is 13.9. The van der Waals surface area contributed by atoms with Crippen LogP contribution in [0.1, 0.15) is 62.5 Å². The molecule has 3 amide bonds. The number of anilines is 6.